The first kappa shape index (κ1) is 11.2. The van der Waals surface area contributed by atoms with Crippen molar-refractivity contribution in [3.63, 3.8) is 0 Å². The Kier molecular flexibility index (Phi) is 3.23. The molecule has 1 atom stereocenters. The Bertz CT molecular complexity index is 541. The van der Waals surface area contributed by atoms with Gasteiger partial charge in [-0.2, -0.15) is 0 Å². The van der Waals surface area contributed by atoms with Gasteiger partial charge in [-0.3, -0.25) is 4.99 Å². The number of aromatic nitrogens is 2. The zero-order chi connectivity index (χ0) is 12.2. The second-order valence-electron chi connectivity index (χ2n) is 3.92. The third-order valence-electron chi connectivity index (χ3n) is 2.65. The summed E-state index contributed by atoms with van der Waals surface area (Å²) < 4.78 is 0. The van der Waals surface area contributed by atoms with Crippen LogP contribution in [0.15, 0.2) is 54.0 Å². The van der Waals surface area contributed by atoms with Crippen LogP contribution in [0.2, 0.25) is 0 Å². The zero-order valence-corrected chi connectivity index (χ0v) is 10.5. The summed E-state index contributed by atoms with van der Waals surface area (Å²) in [6.07, 6.45) is 5.00. The van der Waals surface area contributed by atoms with Crippen molar-refractivity contribution in [1.82, 2.24) is 9.97 Å². The van der Waals surface area contributed by atoms with Gasteiger partial charge < -0.3 is 5.32 Å². The smallest absolute Gasteiger partial charge is 0.161 e. The predicted octanol–water partition coefficient (Wildman–Crippen LogP) is 2.73. The van der Waals surface area contributed by atoms with Gasteiger partial charge in [0, 0.05) is 5.75 Å². The van der Waals surface area contributed by atoms with E-state index in [2.05, 4.69) is 32.4 Å². The third kappa shape index (κ3) is 2.51. The molecule has 0 aliphatic carbocycles. The van der Waals surface area contributed by atoms with Gasteiger partial charge in [0.15, 0.2) is 5.17 Å². The number of aliphatic imine (C=N–C) groups is 1. The maximum Gasteiger partial charge on any atom is 0.161 e. The molecule has 18 heavy (non-hydrogen) atoms. The van der Waals surface area contributed by atoms with Gasteiger partial charge >= 0.3 is 0 Å². The van der Waals surface area contributed by atoms with E-state index in [1.807, 2.05) is 18.2 Å². The second kappa shape index (κ2) is 5.18. The highest BCUT2D eigenvalue weighted by molar-refractivity contribution is 8.14. The fourth-order valence-corrected chi connectivity index (χ4v) is 2.75. The highest BCUT2D eigenvalue weighted by Gasteiger charge is 2.19. The van der Waals surface area contributed by atoms with E-state index in [9.17, 15) is 0 Å². The van der Waals surface area contributed by atoms with Gasteiger partial charge in [0.25, 0.3) is 0 Å². The molecule has 90 valence electrons. The summed E-state index contributed by atoms with van der Waals surface area (Å²) in [6, 6.07) is 10.6. The number of nitrogens with one attached hydrogen (secondary N) is 1. The molecular weight excluding hydrogens is 244 g/mol. The lowest BCUT2D eigenvalue weighted by Crippen LogP contribution is -2.05. The number of amidine groups is 1. The Balaban J connectivity index is 1.73. The van der Waals surface area contributed by atoms with Crippen LogP contribution in [-0.4, -0.2) is 20.9 Å². The third-order valence-corrected chi connectivity index (χ3v) is 3.61. The van der Waals surface area contributed by atoms with Crippen LogP contribution in [0.3, 0.4) is 0 Å². The SMILES string of the molecule is c1ccc(C2CSC(Nc3cncnc3)=N2)cc1. The summed E-state index contributed by atoms with van der Waals surface area (Å²) in [6.45, 7) is 0. The molecule has 0 fully saturated rings. The molecule has 1 aliphatic heterocycles. The maximum atomic E-state index is 4.67. The monoisotopic (exact) mass is 256 g/mol. The predicted molar refractivity (Wildman–Crippen MR) is 74.7 cm³/mol. The first-order chi connectivity index (χ1) is 8.92. The molecule has 0 amide bonds. The highest BCUT2D eigenvalue weighted by Crippen LogP contribution is 2.30. The summed E-state index contributed by atoms with van der Waals surface area (Å²) in [7, 11) is 0. The molecule has 1 N–H and O–H groups in total. The highest BCUT2D eigenvalue weighted by atomic mass is 32.2. The first-order valence-electron chi connectivity index (χ1n) is 5.69. The quantitative estimate of drug-likeness (QED) is 0.897. The van der Waals surface area contributed by atoms with Gasteiger partial charge in [-0.1, -0.05) is 42.1 Å². The van der Waals surface area contributed by atoms with E-state index in [0.29, 0.717) is 0 Å². The van der Waals surface area contributed by atoms with Crippen LogP contribution in [0.4, 0.5) is 5.69 Å². The average molecular weight is 256 g/mol. The molecule has 2 heterocycles. The average Bonchev–Trinajstić information content (AvgIpc) is 2.89. The molecule has 0 radical (unpaired) electrons. The molecular formula is C13H12N4S. The van der Waals surface area contributed by atoms with Crippen molar-refractivity contribution >= 4 is 22.6 Å². The number of nitrogens with zero attached hydrogens (tertiary/aromatic N) is 3. The molecule has 1 aromatic carbocycles. The number of rotatable bonds is 2. The Morgan fingerprint density at radius 3 is 2.67 bits per heavy atom. The minimum absolute atomic E-state index is 0.239. The van der Waals surface area contributed by atoms with Crippen LogP contribution in [-0.2, 0) is 0 Å². The Hall–Kier alpha value is -1.88. The van der Waals surface area contributed by atoms with E-state index in [0.717, 1.165) is 16.6 Å². The van der Waals surface area contributed by atoms with Crippen LogP contribution >= 0.6 is 11.8 Å². The lowest BCUT2D eigenvalue weighted by Gasteiger charge is -2.04. The van der Waals surface area contributed by atoms with E-state index in [1.165, 1.54) is 11.9 Å². The summed E-state index contributed by atoms with van der Waals surface area (Å²) in [5.41, 5.74) is 2.13. The molecule has 0 bridgehead atoms. The summed E-state index contributed by atoms with van der Waals surface area (Å²) in [5, 5.41) is 4.16. The molecule has 1 aliphatic rings. The van der Waals surface area contributed by atoms with E-state index < -0.39 is 0 Å². The van der Waals surface area contributed by atoms with E-state index in [-0.39, 0.29) is 6.04 Å². The van der Waals surface area contributed by atoms with Gasteiger partial charge in [-0.05, 0) is 5.56 Å². The maximum absolute atomic E-state index is 4.67. The van der Waals surface area contributed by atoms with Crippen molar-refractivity contribution in [2.45, 2.75) is 6.04 Å². The number of hydrogen-bond donors (Lipinski definition) is 1. The number of anilines is 1. The van der Waals surface area contributed by atoms with Gasteiger partial charge in [0.2, 0.25) is 0 Å². The van der Waals surface area contributed by atoms with Crippen molar-refractivity contribution in [2.75, 3.05) is 11.1 Å². The van der Waals surface area contributed by atoms with Gasteiger partial charge in [-0.25, -0.2) is 9.97 Å². The van der Waals surface area contributed by atoms with Crippen molar-refractivity contribution in [1.29, 1.82) is 0 Å². The minimum atomic E-state index is 0.239. The number of hydrogen-bond acceptors (Lipinski definition) is 5. The van der Waals surface area contributed by atoms with Crippen LogP contribution in [0.1, 0.15) is 11.6 Å². The first-order valence-corrected chi connectivity index (χ1v) is 6.68. The molecule has 0 saturated carbocycles. The fraction of sp³-hybridized carbons (Fsp3) is 0.154. The molecule has 3 rings (SSSR count). The topological polar surface area (TPSA) is 50.2 Å². The fourth-order valence-electron chi connectivity index (χ4n) is 1.78. The van der Waals surface area contributed by atoms with Gasteiger partial charge in [0.1, 0.15) is 6.33 Å². The molecule has 2 aromatic rings. The number of benzene rings is 1. The Morgan fingerprint density at radius 1 is 1.11 bits per heavy atom. The number of thioether (sulfide) groups is 1. The van der Waals surface area contributed by atoms with Crippen LogP contribution < -0.4 is 5.32 Å². The lowest BCUT2D eigenvalue weighted by molar-refractivity contribution is 0.849. The normalized spacial score (nSPS) is 18.4. The Labute approximate surface area is 110 Å². The van der Waals surface area contributed by atoms with Gasteiger partial charge in [-0.15, -0.1) is 0 Å². The van der Waals surface area contributed by atoms with E-state index in [4.69, 9.17) is 0 Å². The van der Waals surface area contributed by atoms with Crippen LogP contribution in [0.5, 0.6) is 0 Å². The molecule has 4 nitrogen and oxygen atoms in total. The molecule has 0 spiro atoms. The van der Waals surface area contributed by atoms with Crippen molar-refractivity contribution in [2.24, 2.45) is 4.99 Å². The Morgan fingerprint density at radius 2 is 1.89 bits per heavy atom. The van der Waals surface area contributed by atoms with Gasteiger partial charge in [0.05, 0.1) is 24.1 Å². The summed E-state index contributed by atoms with van der Waals surface area (Å²) in [4.78, 5) is 12.6. The molecule has 0 saturated heterocycles. The van der Waals surface area contributed by atoms with Crippen molar-refractivity contribution in [3.8, 4) is 0 Å². The largest absolute Gasteiger partial charge is 0.332 e. The molecule has 1 unspecified atom stereocenters. The second-order valence-corrected chi connectivity index (χ2v) is 4.93. The van der Waals surface area contributed by atoms with Crippen molar-refractivity contribution < 1.29 is 0 Å². The van der Waals surface area contributed by atoms with Crippen LogP contribution in [0.25, 0.3) is 0 Å². The van der Waals surface area contributed by atoms with Crippen LogP contribution in [0, 0.1) is 0 Å². The summed E-state index contributed by atoms with van der Waals surface area (Å²) in [5.74, 6) is 0.972. The molecule has 1 aromatic heterocycles. The van der Waals surface area contributed by atoms with E-state index in [1.54, 1.807) is 24.2 Å². The summed E-state index contributed by atoms with van der Waals surface area (Å²) >= 11 is 1.72. The zero-order valence-electron chi connectivity index (χ0n) is 9.65. The van der Waals surface area contributed by atoms with E-state index >= 15 is 0 Å². The van der Waals surface area contributed by atoms with Crippen molar-refractivity contribution in [3.05, 3.63) is 54.6 Å². The standard InChI is InChI=1S/C13H12N4S/c1-2-4-10(5-3-1)12-8-18-13(17-12)16-11-6-14-9-15-7-11/h1-7,9,12H,8H2,(H,16,17). The minimum Gasteiger partial charge on any atom is -0.332 e. The molecule has 5 heteroatoms. The lowest BCUT2D eigenvalue weighted by atomic mass is 10.1.